The lowest BCUT2D eigenvalue weighted by molar-refractivity contribution is -0.457. The van der Waals surface area contributed by atoms with E-state index >= 15 is 0 Å². The van der Waals surface area contributed by atoms with E-state index in [4.69, 9.17) is 15.3 Å². The van der Waals surface area contributed by atoms with Crippen molar-refractivity contribution >= 4 is 0 Å². The molecule has 0 aromatic rings. The Morgan fingerprint density at radius 3 is 1.27 bits per heavy atom. The van der Waals surface area contributed by atoms with Crippen molar-refractivity contribution in [2.24, 2.45) is 0 Å². The van der Waals surface area contributed by atoms with E-state index < -0.39 is 11.9 Å². The maximum atomic E-state index is 9.69. The van der Waals surface area contributed by atoms with Crippen molar-refractivity contribution in [2.45, 2.75) is 128 Å². The molecule has 1 atom stereocenters. The van der Waals surface area contributed by atoms with E-state index in [-0.39, 0.29) is 6.04 Å². The van der Waals surface area contributed by atoms with Gasteiger partial charge in [0.1, 0.15) is 0 Å². The van der Waals surface area contributed by atoms with E-state index in [1.807, 2.05) is 0 Å². The van der Waals surface area contributed by atoms with Gasteiger partial charge in [0.15, 0.2) is 0 Å². The first-order chi connectivity index (χ1) is 12.2. The van der Waals surface area contributed by atoms with Gasteiger partial charge in [0.25, 0.3) is 0 Å². The minimum absolute atomic E-state index is 0.280. The summed E-state index contributed by atoms with van der Waals surface area (Å²) in [5.41, 5.74) is 0. The minimum atomic E-state index is -3.59. The predicted molar refractivity (Wildman–Crippen MR) is 104 cm³/mol. The van der Waals surface area contributed by atoms with E-state index in [1.165, 1.54) is 44.9 Å². The van der Waals surface area contributed by atoms with Crippen LogP contribution >= 0.6 is 0 Å². The molecule has 0 aliphatic rings. The molecule has 0 spiro atoms. The molecule has 0 rings (SSSR count). The van der Waals surface area contributed by atoms with Crippen molar-refractivity contribution in [3.8, 4) is 0 Å². The lowest BCUT2D eigenvalue weighted by Crippen LogP contribution is -2.65. The average Bonchev–Trinajstić information content (AvgIpc) is 2.55. The van der Waals surface area contributed by atoms with Crippen molar-refractivity contribution < 1.29 is 25.5 Å². The molecule has 0 saturated heterocycles. The van der Waals surface area contributed by atoms with E-state index in [0.717, 1.165) is 38.5 Å². The Labute approximate surface area is 159 Å². The standard InChI is InChI=1S/C20H43NO5/c1-3-5-7-9-11-13-15-17-18(16-14-12-10-8-6-4-2)21-19(22,23)20(24,25)26/h18,21-26H,3-17H2,1-2H3. The van der Waals surface area contributed by atoms with E-state index in [0.29, 0.717) is 12.8 Å². The van der Waals surface area contributed by atoms with Gasteiger partial charge in [0.05, 0.1) is 0 Å². The molecule has 0 radical (unpaired) electrons. The van der Waals surface area contributed by atoms with Crippen LogP contribution in [-0.2, 0) is 0 Å². The smallest absolute Gasteiger partial charge is 0.347 e. The van der Waals surface area contributed by atoms with Crippen molar-refractivity contribution in [3.05, 3.63) is 0 Å². The van der Waals surface area contributed by atoms with Crippen molar-refractivity contribution in [1.82, 2.24) is 5.32 Å². The van der Waals surface area contributed by atoms with Crippen LogP contribution in [0.1, 0.15) is 110 Å². The highest BCUT2D eigenvalue weighted by molar-refractivity contribution is 4.77. The summed E-state index contributed by atoms with van der Waals surface area (Å²) in [5, 5.41) is 49.1. The van der Waals surface area contributed by atoms with Crippen LogP contribution in [0.4, 0.5) is 0 Å². The highest BCUT2D eigenvalue weighted by atomic mass is 16.7. The van der Waals surface area contributed by atoms with Gasteiger partial charge < -0.3 is 25.5 Å². The molecule has 26 heavy (non-hydrogen) atoms. The number of rotatable bonds is 18. The molecular weight excluding hydrogens is 334 g/mol. The van der Waals surface area contributed by atoms with Crippen LogP contribution in [0.2, 0.25) is 0 Å². The van der Waals surface area contributed by atoms with E-state index in [9.17, 15) is 10.2 Å². The summed E-state index contributed by atoms with van der Waals surface area (Å²) in [5.74, 6) is -6.73. The second-order valence-corrected chi connectivity index (χ2v) is 7.62. The Bertz CT molecular complexity index is 318. The molecule has 0 aromatic heterocycles. The van der Waals surface area contributed by atoms with Gasteiger partial charge in [-0.2, -0.15) is 0 Å². The normalized spacial score (nSPS) is 14.0. The highest BCUT2D eigenvalue weighted by Gasteiger charge is 2.47. The van der Waals surface area contributed by atoms with Gasteiger partial charge in [-0.1, -0.05) is 97.3 Å². The second-order valence-electron chi connectivity index (χ2n) is 7.62. The Morgan fingerprint density at radius 2 is 0.923 bits per heavy atom. The van der Waals surface area contributed by atoms with Crippen molar-refractivity contribution in [3.63, 3.8) is 0 Å². The number of unbranched alkanes of at least 4 members (excludes halogenated alkanes) is 11. The molecule has 158 valence electrons. The summed E-state index contributed by atoms with van der Waals surface area (Å²) < 4.78 is 0. The maximum Gasteiger partial charge on any atom is 0.348 e. The monoisotopic (exact) mass is 377 g/mol. The summed E-state index contributed by atoms with van der Waals surface area (Å²) in [6.45, 7) is 4.37. The third-order valence-corrected chi connectivity index (χ3v) is 4.94. The molecule has 0 heterocycles. The zero-order chi connectivity index (χ0) is 19.9. The summed E-state index contributed by atoms with van der Waals surface area (Å²) in [7, 11) is 0. The van der Waals surface area contributed by atoms with Crippen LogP contribution in [-0.4, -0.2) is 43.5 Å². The lowest BCUT2D eigenvalue weighted by atomic mass is 9.99. The van der Waals surface area contributed by atoms with E-state index in [1.54, 1.807) is 0 Å². The van der Waals surface area contributed by atoms with Crippen LogP contribution in [0.25, 0.3) is 0 Å². The Kier molecular flexibility index (Phi) is 14.6. The molecule has 0 aliphatic heterocycles. The van der Waals surface area contributed by atoms with Crippen LogP contribution in [0, 0.1) is 0 Å². The number of hydrogen-bond acceptors (Lipinski definition) is 6. The summed E-state index contributed by atoms with van der Waals surface area (Å²) in [6, 6.07) is -0.280. The molecular formula is C20H43NO5. The van der Waals surface area contributed by atoms with E-state index in [2.05, 4.69) is 19.2 Å². The molecule has 0 aliphatic carbocycles. The summed E-state index contributed by atoms with van der Waals surface area (Å²) in [6.07, 6.45) is 16.4. The van der Waals surface area contributed by atoms with Crippen molar-refractivity contribution in [2.75, 3.05) is 0 Å². The number of nitrogens with one attached hydrogen (secondary N) is 1. The maximum absolute atomic E-state index is 9.69. The zero-order valence-corrected chi connectivity index (χ0v) is 16.9. The highest BCUT2D eigenvalue weighted by Crippen LogP contribution is 2.19. The fourth-order valence-corrected chi connectivity index (χ4v) is 3.19. The summed E-state index contributed by atoms with van der Waals surface area (Å²) in [4.78, 5) is 0. The fraction of sp³-hybridized carbons (Fsp3) is 1.00. The Morgan fingerprint density at radius 1 is 0.577 bits per heavy atom. The van der Waals surface area contributed by atoms with Crippen molar-refractivity contribution in [1.29, 1.82) is 0 Å². The van der Waals surface area contributed by atoms with Gasteiger partial charge in [0, 0.05) is 6.04 Å². The van der Waals surface area contributed by atoms with Crippen LogP contribution < -0.4 is 5.32 Å². The minimum Gasteiger partial charge on any atom is -0.347 e. The first-order valence-electron chi connectivity index (χ1n) is 10.6. The first kappa shape index (κ1) is 25.8. The molecule has 0 bridgehead atoms. The Hall–Kier alpha value is -0.240. The molecule has 0 amide bonds. The molecule has 0 saturated carbocycles. The molecule has 6 heteroatoms. The zero-order valence-electron chi connectivity index (χ0n) is 16.9. The third kappa shape index (κ3) is 13.0. The largest absolute Gasteiger partial charge is 0.348 e. The van der Waals surface area contributed by atoms with Gasteiger partial charge in [-0.3, -0.25) is 5.32 Å². The SMILES string of the molecule is CCCCCCCCCC(CCCCCCCC)NC(O)(O)C(O)(O)O. The number of aliphatic hydroxyl groups is 5. The lowest BCUT2D eigenvalue weighted by Gasteiger charge is -2.34. The third-order valence-electron chi connectivity index (χ3n) is 4.94. The van der Waals surface area contributed by atoms with Crippen LogP contribution in [0.5, 0.6) is 0 Å². The second kappa shape index (κ2) is 14.8. The van der Waals surface area contributed by atoms with Gasteiger partial charge in [-0.15, -0.1) is 0 Å². The van der Waals surface area contributed by atoms with Crippen LogP contribution in [0.3, 0.4) is 0 Å². The average molecular weight is 378 g/mol. The van der Waals surface area contributed by atoms with Gasteiger partial charge in [-0.25, -0.2) is 0 Å². The number of hydrogen-bond donors (Lipinski definition) is 6. The fourth-order valence-electron chi connectivity index (χ4n) is 3.19. The molecule has 0 fully saturated rings. The predicted octanol–water partition coefficient (Wildman–Crippen LogP) is 3.11. The van der Waals surface area contributed by atoms with Crippen LogP contribution in [0.15, 0.2) is 0 Å². The van der Waals surface area contributed by atoms with Gasteiger partial charge in [-0.05, 0) is 12.8 Å². The Balaban J connectivity index is 4.23. The topological polar surface area (TPSA) is 113 Å². The molecule has 0 aromatic carbocycles. The van der Waals surface area contributed by atoms with Gasteiger partial charge in [0.2, 0.25) is 0 Å². The first-order valence-corrected chi connectivity index (χ1v) is 10.6. The van der Waals surface area contributed by atoms with Gasteiger partial charge >= 0.3 is 11.9 Å². The molecule has 6 N–H and O–H groups in total. The molecule has 6 nitrogen and oxygen atoms in total. The summed E-state index contributed by atoms with van der Waals surface area (Å²) >= 11 is 0. The quantitative estimate of drug-likeness (QED) is 0.162. The molecule has 1 unspecified atom stereocenters.